The number of rotatable bonds is 6. The Morgan fingerprint density at radius 2 is 2.16 bits per heavy atom. The second-order valence-corrected chi connectivity index (χ2v) is 6.06. The molecule has 2 aromatic rings. The van der Waals surface area contributed by atoms with Crippen molar-refractivity contribution in [2.45, 2.75) is 19.9 Å². The molecule has 0 radical (unpaired) electrons. The van der Waals surface area contributed by atoms with Gasteiger partial charge >= 0.3 is 0 Å². The van der Waals surface area contributed by atoms with Gasteiger partial charge in [-0.1, -0.05) is 6.07 Å². The van der Waals surface area contributed by atoms with Crippen LogP contribution in [0.1, 0.15) is 17.8 Å². The number of hydrogen-bond acceptors (Lipinski definition) is 4. The van der Waals surface area contributed by atoms with E-state index in [0.717, 1.165) is 62.8 Å². The number of morpholine rings is 1. The average molecular weight is 458 g/mol. The van der Waals surface area contributed by atoms with Crippen molar-refractivity contribution in [1.29, 1.82) is 0 Å². The first-order valence-corrected chi connectivity index (χ1v) is 8.50. The molecule has 0 bridgehead atoms. The molecule has 0 saturated carbocycles. The summed E-state index contributed by atoms with van der Waals surface area (Å²) in [6.07, 6.45) is 3.06. The molecule has 1 saturated heterocycles. The number of nitrogens with one attached hydrogen (secondary N) is 1. The van der Waals surface area contributed by atoms with Crippen LogP contribution in [0.4, 0.5) is 0 Å². The zero-order valence-electron chi connectivity index (χ0n) is 14.6. The van der Waals surface area contributed by atoms with Crippen molar-refractivity contribution in [3.63, 3.8) is 0 Å². The number of fused-ring (bicyclic) bond motifs is 1. The molecule has 0 spiro atoms. The number of ether oxygens (including phenoxy) is 1. The molecule has 0 unspecified atom stereocenters. The number of aliphatic imine (C=N–C) groups is 1. The lowest BCUT2D eigenvalue weighted by Crippen LogP contribution is -2.39. The summed E-state index contributed by atoms with van der Waals surface area (Å²) < 4.78 is 7.41. The number of hydrogen-bond donors (Lipinski definition) is 2. The molecule has 3 N–H and O–H groups in total. The van der Waals surface area contributed by atoms with Gasteiger partial charge in [-0.3, -0.25) is 4.90 Å². The minimum Gasteiger partial charge on any atom is -0.379 e. The minimum atomic E-state index is 0. The second-order valence-electron chi connectivity index (χ2n) is 6.06. The van der Waals surface area contributed by atoms with Crippen molar-refractivity contribution in [2.24, 2.45) is 10.7 Å². The van der Waals surface area contributed by atoms with Gasteiger partial charge in [0, 0.05) is 31.5 Å². The van der Waals surface area contributed by atoms with Crippen LogP contribution in [0.15, 0.2) is 29.4 Å². The Morgan fingerprint density at radius 3 is 2.92 bits per heavy atom. The van der Waals surface area contributed by atoms with Crippen molar-refractivity contribution >= 4 is 35.6 Å². The van der Waals surface area contributed by atoms with Crippen molar-refractivity contribution in [1.82, 2.24) is 19.6 Å². The molecule has 0 aliphatic carbocycles. The molecule has 1 aliphatic heterocycles. The van der Waals surface area contributed by atoms with E-state index in [1.807, 2.05) is 18.3 Å². The third-order valence-electron chi connectivity index (χ3n) is 4.22. The second kappa shape index (κ2) is 9.93. The number of nitrogens with zero attached hydrogens (tertiary/aromatic N) is 4. The monoisotopic (exact) mass is 458 g/mol. The van der Waals surface area contributed by atoms with Gasteiger partial charge in [-0.05, 0) is 32.0 Å². The van der Waals surface area contributed by atoms with Crippen molar-refractivity contribution in [2.75, 3.05) is 39.4 Å². The van der Waals surface area contributed by atoms with Crippen LogP contribution in [-0.2, 0) is 11.3 Å². The third-order valence-corrected chi connectivity index (χ3v) is 4.22. The normalized spacial score (nSPS) is 16.0. The van der Waals surface area contributed by atoms with Crippen molar-refractivity contribution < 1.29 is 4.74 Å². The SMILES string of the molecule is Cc1cccc2nc(CN=C(N)NCCCN3CCOCC3)cn12.I. The number of imidazole rings is 1. The van der Waals surface area contributed by atoms with Gasteiger partial charge in [0.15, 0.2) is 5.96 Å². The van der Waals surface area contributed by atoms with E-state index in [1.54, 1.807) is 0 Å². The summed E-state index contributed by atoms with van der Waals surface area (Å²) in [5.41, 5.74) is 8.95. The highest BCUT2D eigenvalue weighted by atomic mass is 127. The maximum absolute atomic E-state index is 5.94. The molecule has 7 nitrogen and oxygen atoms in total. The Morgan fingerprint density at radius 1 is 1.36 bits per heavy atom. The molecular formula is C17H27IN6O. The molecular weight excluding hydrogens is 431 g/mol. The van der Waals surface area contributed by atoms with Crippen molar-refractivity contribution in [3.8, 4) is 0 Å². The van der Waals surface area contributed by atoms with Crippen LogP contribution in [0.2, 0.25) is 0 Å². The number of guanidine groups is 1. The lowest BCUT2D eigenvalue weighted by Gasteiger charge is -2.26. The van der Waals surface area contributed by atoms with Crippen LogP contribution >= 0.6 is 24.0 Å². The van der Waals surface area contributed by atoms with Gasteiger partial charge in [0.1, 0.15) is 5.65 Å². The fourth-order valence-corrected chi connectivity index (χ4v) is 2.84. The standard InChI is InChI=1S/C17H26N6O.HI/c1-14-4-2-5-16-21-15(13-23(14)16)12-20-17(18)19-6-3-7-22-8-10-24-11-9-22;/h2,4-5,13H,3,6-12H2,1H3,(H3,18,19,20);1H. The number of pyridine rings is 1. The zero-order chi connectivity index (χ0) is 16.8. The summed E-state index contributed by atoms with van der Waals surface area (Å²) in [5, 5.41) is 3.17. The highest BCUT2D eigenvalue weighted by Crippen LogP contribution is 2.09. The lowest BCUT2D eigenvalue weighted by molar-refractivity contribution is 0.0376. The predicted molar refractivity (Wildman–Crippen MR) is 111 cm³/mol. The Hall–Kier alpha value is -1.39. The average Bonchev–Trinajstić information content (AvgIpc) is 3.02. The molecule has 3 heterocycles. The molecule has 138 valence electrons. The van der Waals surface area contributed by atoms with E-state index in [-0.39, 0.29) is 24.0 Å². The fourth-order valence-electron chi connectivity index (χ4n) is 2.84. The number of aryl methyl sites for hydroxylation is 1. The van der Waals surface area contributed by atoms with Crippen LogP contribution in [0.5, 0.6) is 0 Å². The van der Waals surface area contributed by atoms with Crippen LogP contribution in [0, 0.1) is 6.92 Å². The van der Waals surface area contributed by atoms with E-state index in [2.05, 4.69) is 37.6 Å². The Labute approximate surface area is 165 Å². The first-order valence-electron chi connectivity index (χ1n) is 8.50. The van der Waals surface area contributed by atoms with E-state index in [0.29, 0.717) is 12.5 Å². The molecule has 25 heavy (non-hydrogen) atoms. The molecule has 1 fully saturated rings. The van der Waals surface area contributed by atoms with Gasteiger partial charge in [0.25, 0.3) is 0 Å². The topological polar surface area (TPSA) is 80.2 Å². The van der Waals surface area contributed by atoms with E-state index in [4.69, 9.17) is 10.5 Å². The van der Waals surface area contributed by atoms with Gasteiger partial charge in [-0.25, -0.2) is 9.98 Å². The van der Waals surface area contributed by atoms with E-state index < -0.39 is 0 Å². The summed E-state index contributed by atoms with van der Waals surface area (Å²) in [7, 11) is 0. The maximum atomic E-state index is 5.94. The Bertz CT molecular complexity index is 696. The largest absolute Gasteiger partial charge is 0.379 e. The van der Waals surface area contributed by atoms with Gasteiger partial charge in [0.2, 0.25) is 0 Å². The van der Waals surface area contributed by atoms with Gasteiger partial charge in [-0.15, -0.1) is 24.0 Å². The van der Waals surface area contributed by atoms with Gasteiger partial charge < -0.3 is 20.2 Å². The van der Waals surface area contributed by atoms with Crippen LogP contribution < -0.4 is 11.1 Å². The van der Waals surface area contributed by atoms with Gasteiger partial charge in [0.05, 0.1) is 25.5 Å². The lowest BCUT2D eigenvalue weighted by atomic mass is 10.3. The number of nitrogens with two attached hydrogens (primary N) is 1. The Balaban J connectivity index is 0.00000225. The quantitative estimate of drug-likeness (QED) is 0.296. The van der Waals surface area contributed by atoms with Gasteiger partial charge in [-0.2, -0.15) is 0 Å². The highest BCUT2D eigenvalue weighted by Gasteiger charge is 2.09. The van der Waals surface area contributed by atoms with Crippen molar-refractivity contribution in [3.05, 3.63) is 35.8 Å². The van der Waals surface area contributed by atoms with E-state index >= 15 is 0 Å². The molecule has 0 amide bonds. The first-order chi connectivity index (χ1) is 11.7. The van der Waals surface area contributed by atoms with E-state index in [1.165, 1.54) is 0 Å². The van der Waals surface area contributed by atoms with Crippen LogP contribution in [-0.4, -0.2) is 59.6 Å². The molecule has 1 aliphatic rings. The summed E-state index contributed by atoms with van der Waals surface area (Å²) in [4.78, 5) is 11.3. The summed E-state index contributed by atoms with van der Waals surface area (Å²) in [6.45, 7) is 8.18. The highest BCUT2D eigenvalue weighted by molar-refractivity contribution is 14.0. The van der Waals surface area contributed by atoms with Crippen LogP contribution in [0.3, 0.4) is 0 Å². The summed E-state index contributed by atoms with van der Waals surface area (Å²) >= 11 is 0. The predicted octanol–water partition coefficient (Wildman–Crippen LogP) is 1.39. The zero-order valence-corrected chi connectivity index (χ0v) is 17.0. The first kappa shape index (κ1) is 19.9. The summed E-state index contributed by atoms with van der Waals surface area (Å²) in [6, 6.07) is 6.06. The minimum absolute atomic E-state index is 0. The molecule has 0 atom stereocenters. The van der Waals surface area contributed by atoms with Crippen LogP contribution in [0.25, 0.3) is 5.65 Å². The maximum Gasteiger partial charge on any atom is 0.188 e. The summed E-state index contributed by atoms with van der Waals surface area (Å²) in [5.74, 6) is 0.478. The molecule has 0 aromatic carbocycles. The third kappa shape index (κ3) is 5.82. The molecule has 2 aromatic heterocycles. The molecule has 3 rings (SSSR count). The van der Waals surface area contributed by atoms with E-state index in [9.17, 15) is 0 Å². The number of aromatic nitrogens is 2. The number of halogens is 1. The fraction of sp³-hybridized carbons (Fsp3) is 0.529. The molecule has 8 heteroatoms. The smallest absolute Gasteiger partial charge is 0.188 e. The Kier molecular flexibility index (Phi) is 7.91.